The molecule has 1 unspecified atom stereocenters. The van der Waals surface area contributed by atoms with Gasteiger partial charge >= 0.3 is 0 Å². The van der Waals surface area contributed by atoms with Gasteiger partial charge in [0.05, 0.1) is 5.88 Å². The third-order valence-corrected chi connectivity index (χ3v) is 1.71. The van der Waals surface area contributed by atoms with E-state index in [0.29, 0.717) is 6.42 Å². The van der Waals surface area contributed by atoms with Crippen LogP contribution in [-0.2, 0) is 0 Å². The summed E-state index contributed by atoms with van der Waals surface area (Å²) in [4.78, 5) is 0. The maximum absolute atomic E-state index is 12.5. The van der Waals surface area contributed by atoms with Crippen LogP contribution < -0.4 is 0 Å². The zero-order chi connectivity index (χ0) is 8.20. The van der Waals surface area contributed by atoms with Crippen LogP contribution in [-0.4, -0.2) is 12.1 Å². The first-order valence-electron chi connectivity index (χ1n) is 3.66. The fraction of sp³-hybridized carbons (Fsp3) is 1.00. The minimum Gasteiger partial charge on any atom is -0.246 e. The molecule has 0 heterocycles. The monoisotopic (exact) mass is 166 g/mol. The maximum Gasteiger partial charge on any atom is 0.114 e. The number of hydrogen-bond acceptors (Lipinski definition) is 0. The van der Waals surface area contributed by atoms with Gasteiger partial charge in [-0.15, -0.1) is 11.6 Å². The van der Waals surface area contributed by atoms with Crippen molar-refractivity contribution in [3.05, 3.63) is 0 Å². The molecular formula is C8H16ClF. The SMILES string of the molecule is CC(C)(C)CCC(F)CCl. The lowest BCUT2D eigenvalue weighted by molar-refractivity contribution is 0.277. The average Bonchev–Trinajstić information content (AvgIpc) is 1.81. The Balaban J connectivity index is 3.36. The predicted molar refractivity (Wildman–Crippen MR) is 44.3 cm³/mol. The van der Waals surface area contributed by atoms with Gasteiger partial charge in [-0.25, -0.2) is 4.39 Å². The summed E-state index contributed by atoms with van der Waals surface area (Å²) in [6.45, 7) is 6.32. The predicted octanol–water partition coefficient (Wildman–Crippen LogP) is 3.39. The van der Waals surface area contributed by atoms with Gasteiger partial charge in [0, 0.05) is 0 Å². The fourth-order valence-corrected chi connectivity index (χ4v) is 0.821. The van der Waals surface area contributed by atoms with Crippen LogP contribution in [0.4, 0.5) is 4.39 Å². The van der Waals surface area contributed by atoms with E-state index in [0.717, 1.165) is 6.42 Å². The molecule has 0 rings (SSSR count). The van der Waals surface area contributed by atoms with E-state index in [-0.39, 0.29) is 11.3 Å². The molecule has 10 heavy (non-hydrogen) atoms. The third kappa shape index (κ3) is 6.34. The Morgan fingerprint density at radius 3 is 2.20 bits per heavy atom. The van der Waals surface area contributed by atoms with Gasteiger partial charge in [0.2, 0.25) is 0 Å². The Kier molecular flexibility index (Phi) is 4.26. The summed E-state index contributed by atoms with van der Waals surface area (Å²) in [5, 5.41) is 0. The molecule has 0 radical (unpaired) electrons. The molecule has 0 nitrogen and oxygen atoms in total. The Hall–Kier alpha value is 0.220. The van der Waals surface area contributed by atoms with E-state index in [4.69, 9.17) is 11.6 Å². The lowest BCUT2D eigenvalue weighted by atomic mass is 9.90. The van der Waals surface area contributed by atoms with Crippen molar-refractivity contribution in [2.24, 2.45) is 5.41 Å². The van der Waals surface area contributed by atoms with E-state index in [2.05, 4.69) is 20.8 Å². The van der Waals surface area contributed by atoms with E-state index >= 15 is 0 Å². The van der Waals surface area contributed by atoms with Crippen molar-refractivity contribution in [2.75, 3.05) is 5.88 Å². The topological polar surface area (TPSA) is 0 Å². The third-order valence-electron chi connectivity index (χ3n) is 1.38. The smallest absolute Gasteiger partial charge is 0.114 e. The molecule has 62 valence electrons. The summed E-state index contributed by atoms with van der Waals surface area (Å²) in [5.41, 5.74) is 0.233. The molecule has 0 aromatic heterocycles. The van der Waals surface area contributed by atoms with Gasteiger partial charge in [0.25, 0.3) is 0 Å². The number of alkyl halides is 2. The highest BCUT2D eigenvalue weighted by Crippen LogP contribution is 2.22. The van der Waals surface area contributed by atoms with Crippen molar-refractivity contribution >= 4 is 11.6 Å². The van der Waals surface area contributed by atoms with Gasteiger partial charge in [0.15, 0.2) is 0 Å². The molecule has 0 bridgehead atoms. The molecule has 2 heteroatoms. The minimum atomic E-state index is -0.819. The summed E-state index contributed by atoms with van der Waals surface area (Å²) in [6, 6.07) is 0. The van der Waals surface area contributed by atoms with Gasteiger partial charge in [-0.2, -0.15) is 0 Å². The molecule has 1 atom stereocenters. The second kappa shape index (κ2) is 4.17. The molecule has 0 amide bonds. The molecule has 0 saturated heterocycles. The van der Waals surface area contributed by atoms with E-state index in [1.54, 1.807) is 0 Å². The second-order valence-corrected chi connectivity index (χ2v) is 4.16. The first-order chi connectivity index (χ1) is 4.45. The highest BCUT2D eigenvalue weighted by atomic mass is 35.5. The summed E-state index contributed by atoms with van der Waals surface area (Å²) in [7, 11) is 0. The normalized spacial score (nSPS) is 15.3. The van der Waals surface area contributed by atoms with E-state index in [1.807, 2.05) is 0 Å². The Morgan fingerprint density at radius 1 is 1.40 bits per heavy atom. The van der Waals surface area contributed by atoms with Crippen molar-refractivity contribution in [2.45, 2.75) is 39.8 Å². The largest absolute Gasteiger partial charge is 0.246 e. The molecule has 0 N–H and O–H groups in total. The van der Waals surface area contributed by atoms with Crippen LogP contribution in [0.1, 0.15) is 33.6 Å². The molecule has 0 aliphatic rings. The fourth-order valence-electron chi connectivity index (χ4n) is 0.667. The van der Waals surface area contributed by atoms with Crippen molar-refractivity contribution in [3.63, 3.8) is 0 Å². The highest BCUT2D eigenvalue weighted by Gasteiger charge is 2.13. The summed E-state index contributed by atoms with van der Waals surface area (Å²) < 4.78 is 12.5. The van der Waals surface area contributed by atoms with Gasteiger partial charge in [-0.05, 0) is 18.3 Å². The van der Waals surface area contributed by atoms with Gasteiger partial charge in [-0.3, -0.25) is 0 Å². The summed E-state index contributed by atoms with van der Waals surface area (Å²) in [5.74, 6) is 0.135. The molecule has 0 spiro atoms. The van der Waals surface area contributed by atoms with Crippen LogP contribution >= 0.6 is 11.6 Å². The Labute approximate surface area is 67.8 Å². The first kappa shape index (κ1) is 10.2. The van der Waals surface area contributed by atoms with E-state index < -0.39 is 6.17 Å². The molecule has 0 aromatic rings. The number of rotatable bonds is 3. The van der Waals surface area contributed by atoms with E-state index in [9.17, 15) is 4.39 Å². The van der Waals surface area contributed by atoms with Crippen LogP contribution in [0, 0.1) is 5.41 Å². The van der Waals surface area contributed by atoms with Crippen molar-refractivity contribution in [1.29, 1.82) is 0 Å². The zero-order valence-corrected chi connectivity index (χ0v) is 7.71. The molecule has 0 saturated carbocycles. The Bertz CT molecular complexity index is 85.7. The summed E-state index contributed by atoms with van der Waals surface area (Å²) in [6.07, 6.45) is 0.675. The standard InChI is InChI=1S/C8H16ClF/c1-8(2,3)5-4-7(10)6-9/h7H,4-6H2,1-3H3. The second-order valence-electron chi connectivity index (χ2n) is 3.85. The van der Waals surface area contributed by atoms with Crippen molar-refractivity contribution < 1.29 is 4.39 Å². The van der Waals surface area contributed by atoms with Crippen LogP contribution in [0.5, 0.6) is 0 Å². The van der Waals surface area contributed by atoms with Crippen LogP contribution in [0.3, 0.4) is 0 Å². The molecule has 0 aromatic carbocycles. The van der Waals surface area contributed by atoms with Crippen molar-refractivity contribution in [1.82, 2.24) is 0 Å². The molecule has 0 aliphatic heterocycles. The highest BCUT2D eigenvalue weighted by molar-refractivity contribution is 6.18. The van der Waals surface area contributed by atoms with Crippen LogP contribution in [0.2, 0.25) is 0 Å². The van der Waals surface area contributed by atoms with Crippen LogP contribution in [0.15, 0.2) is 0 Å². The maximum atomic E-state index is 12.5. The van der Waals surface area contributed by atoms with Crippen LogP contribution in [0.25, 0.3) is 0 Å². The number of hydrogen-bond donors (Lipinski definition) is 0. The van der Waals surface area contributed by atoms with E-state index in [1.165, 1.54) is 0 Å². The molecule has 0 fully saturated rings. The van der Waals surface area contributed by atoms with Crippen molar-refractivity contribution in [3.8, 4) is 0 Å². The molecular weight excluding hydrogens is 151 g/mol. The Morgan fingerprint density at radius 2 is 1.90 bits per heavy atom. The number of halogens is 2. The lowest BCUT2D eigenvalue weighted by Gasteiger charge is -2.18. The average molecular weight is 167 g/mol. The summed E-state index contributed by atoms with van der Waals surface area (Å²) >= 11 is 5.31. The minimum absolute atomic E-state index is 0.135. The zero-order valence-electron chi connectivity index (χ0n) is 6.95. The van der Waals surface area contributed by atoms with Gasteiger partial charge in [0.1, 0.15) is 6.17 Å². The first-order valence-corrected chi connectivity index (χ1v) is 4.19. The quantitative estimate of drug-likeness (QED) is 0.564. The molecule has 0 aliphatic carbocycles. The van der Waals surface area contributed by atoms with Gasteiger partial charge < -0.3 is 0 Å². The van der Waals surface area contributed by atoms with Gasteiger partial charge in [-0.1, -0.05) is 20.8 Å². The lowest BCUT2D eigenvalue weighted by Crippen LogP contribution is -2.10.